The third-order valence-electron chi connectivity index (χ3n) is 10.8. The van der Waals surface area contributed by atoms with Crippen molar-refractivity contribution < 1.29 is 231 Å². The van der Waals surface area contributed by atoms with E-state index < -0.39 is 223 Å². The van der Waals surface area contributed by atoms with E-state index in [4.69, 9.17) is 10.2 Å². The van der Waals surface area contributed by atoms with E-state index in [1.807, 2.05) is 0 Å². The molecule has 36 nitrogen and oxygen atoms in total. The molecule has 8 unspecified atom stereocenters. The van der Waals surface area contributed by atoms with Gasteiger partial charge in [0.05, 0.1) is 68.0 Å². The summed E-state index contributed by atoms with van der Waals surface area (Å²) in [5.74, 6) is -4.87. The van der Waals surface area contributed by atoms with Gasteiger partial charge in [0.15, 0.2) is 0 Å². The first-order valence-electron chi connectivity index (χ1n) is 22.9. The summed E-state index contributed by atoms with van der Waals surface area (Å²) in [4.78, 5) is 24.5. The predicted molar refractivity (Wildman–Crippen MR) is 271 cm³/mol. The number of benzene rings is 2. The van der Waals surface area contributed by atoms with Crippen LogP contribution >= 0.6 is 0 Å². The van der Waals surface area contributed by atoms with Crippen molar-refractivity contribution in [1.82, 2.24) is 29.9 Å². The molecule has 2 aromatic carbocycles. The number of hydrogen-bond acceptors (Lipinski definition) is 36. The standard InChI is InChI=1S/C40H60N12O24S4.4Na/c53-11-9-51(17-25(57)31(61)33(63)27(59)19-55)39-47-35(41-7-13-77(65,66)67)45-37(49-39)43-23-5-3-21(29(15-23)79(71,72)73)1-2-22-4-6-24(16-30(22)80(74,75)76)44-38-46-36(42-8-14-78(68,69)70)48-40(50-38)52(10-12-54)18-26(58)32(62)34(64)28(60)20-56;;;;/h1-6,15-16,25-28,31-34,53-64H,7-14,17-20H2,(H,65,66,67)(H,68,69,70)(H,71,72,73)(H,74,75,76)(H2,41,43,45,47,49)(H2,42,44,46,48,50);;;;/q;4*+1/p-4/b2-1+;;;;. The van der Waals surface area contributed by atoms with Crippen LogP contribution in [0.3, 0.4) is 0 Å². The summed E-state index contributed by atoms with van der Waals surface area (Å²) in [7, 11) is -20.5. The third-order valence-corrected chi connectivity index (χ3v) is 14.0. The number of nitrogens with zero attached hydrogens (tertiary/aromatic N) is 8. The molecule has 84 heavy (non-hydrogen) atoms. The summed E-state index contributed by atoms with van der Waals surface area (Å²) in [5.41, 5.74) is -1.32. The molecule has 2 heterocycles. The van der Waals surface area contributed by atoms with Crippen molar-refractivity contribution in [3.8, 4) is 0 Å². The summed E-state index contributed by atoms with van der Waals surface area (Å²) in [6.07, 6.45) is -14.1. The Labute approximate surface area is 569 Å². The molecule has 4 rings (SSSR count). The topological polar surface area (TPSA) is 604 Å². The minimum absolute atomic E-state index is 0. The molecule has 0 aliphatic carbocycles. The number of anilines is 8. The first-order chi connectivity index (χ1) is 37.3. The van der Waals surface area contributed by atoms with Crippen molar-refractivity contribution in [3.05, 3.63) is 47.5 Å². The van der Waals surface area contributed by atoms with Gasteiger partial charge < -0.3 is 111 Å². The number of nitrogens with one attached hydrogen (secondary N) is 4. The molecule has 4 aromatic rings. The van der Waals surface area contributed by atoms with Crippen LogP contribution in [0.2, 0.25) is 0 Å². The number of aromatic nitrogens is 6. The zero-order valence-electron chi connectivity index (χ0n) is 45.2. The van der Waals surface area contributed by atoms with Gasteiger partial charge in [-0.1, -0.05) is 24.3 Å². The van der Waals surface area contributed by atoms with Gasteiger partial charge in [-0.05, 0) is 35.4 Å². The Hall–Kier alpha value is -1.84. The summed E-state index contributed by atoms with van der Waals surface area (Å²) in [5, 5.41) is 130. The van der Waals surface area contributed by atoms with Crippen molar-refractivity contribution in [3.63, 3.8) is 0 Å². The Kier molecular flexibility index (Phi) is 36.5. The molecule has 448 valence electrons. The zero-order chi connectivity index (χ0) is 59.9. The SMILES string of the molecule is O=S(=O)([O-])CCNc1nc(Nc2ccc(/C=C/c3ccc(Nc4nc(NCCS(=O)(=O)[O-])nc(N(CCO)CC(O)C(O)C(O)C(O)CO)n4)cc3S(=O)(=O)[O-])c(S(=O)(=O)[O-])c2)nc(N(CCO)CC(O)C(O)C(O)C(O)CO)n1.[Na+].[Na+].[Na+].[Na+]. The van der Waals surface area contributed by atoms with Gasteiger partial charge in [0.2, 0.25) is 35.7 Å². The van der Waals surface area contributed by atoms with Crippen LogP contribution < -0.4 is 149 Å². The monoisotopic (exact) mass is 1310 g/mol. The molecule has 0 aliphatic heterocycles. The smallest absolute Gasteiger partial charge is 0.748 e. The van der Waals surface area contributed by atoms with E-state index in [1.165, 1.54) is 0 Å². The molecular formula is C40H56N12Na4O24S4. The van der Waals surface area contributed by atoms with Gasteiger partial charge in [-0.3, -0.25) is 0 Å². The molecular weight excluding hydrogens is 1250 g/mol. The molecule has 0 saturated carbocycles. The summed E-state index contributed by atoms with van der Waals surface area (Å²) >= 11 is 0. The van der Waals surface area contributed by atoms with E-state index in [9.17, 15) is 103 Å². The second kappa shape index (κ2) is 37.4. The fourth-order valence-electron chi connectivity index (χ4n) is 6.81. The Balaban J connectivity index is 0.0000172. The maximum atomic E-state index is 12.7. The van der Waals surface area contributed by atoms with E-state index in [1.54, 1.807) is 0 Å². The first-order valence-corrected chi connectivity index (χ1v) is 28.9. The van der Waals surface area contributed by atoms with Gasteiger partial charge in [0, 0.05) is 50.6 Å². The normalized spacial score (nSPS) is 14.8. The molecule has 2 aromatic heterocycles. The Morgan fingerprint density at radius 3 is 1.06 bits per heavy atom. The van der Waals surface area contributed by atoms with Crippen LogP contribution in [0.15, 0.2) is 46.2 Å². The maximum absolute atomic E-state index is 12.7. The van der Waals surface area contributed by atoms with Crippen molar-refractivity contribution in [2.75, 3.05) is 108 Å². The minimum atomic E-state index is -5.45. The van der Waals surface area contributed by atoms with Crippen molar-refractivity contribution in [1.29, 1.82) is 0 Å². The van der Waals surface area contributed by atoms with Crippen LogP contribution in [0.4, 0.5) is 47.1 Å². The van der Waals surface area contributed by atoms with E-state index in [0.717, 1.165) is 58.4 Å². The van der Waals surface area contributed by atoms with E-state index in [0.29, 0.717) is 0 Å². The van der Waals surface area contributed by atoms with Crippen molar-refractivity contribution in [2.24, 2.45) is 0 Å². The van der Waals surface area contributed by atoms with Crippen LogP contribution in [0.5, 0.6) is 0 Å². The van der Waals surface area contributed by atoms with Crippen LogP contribution in [0, 0.1) is 0 Å². The van der Waals surface area contributed by atoms with E-state index in [-0.39, 0.29) is 130 Å². The van der Waals surface area contributed by atoms with Crippen molar-refractivity contribution in [2.45, 2.75) is 58.6 Å². The largest absolute Gasteiger partial charge is 1.00 e. The molecule has 0 radical (unpaired) electrons. The zero-order valence-corrected chi connectivity index (χ0v) is 56.5. The Bertz CT molecular complexity index is 3010. The molecule has 0 bridgehead atoms. The van der Waals surface area contributed by atoms with Crippen LogP contribution in [0.25, 0.3) is 12.2 Å². The van der Waals surface area contributed by atoms with E-state index >= 15 is 0 Å². The van der Waals surface area contributed by atoms with Gasteiger partial charge in [-0.25, -0.2) is 33.7 Å². The summed E-state index contributed by atoms with van der Waals surface area (Å²) < 4.78 is 144. The Morgan fingerprint density at radius 2 is 0.774 bits per heavy atom. The number of hydrogen-bond donors (Lipinski definition) is 16. The molecule has 0 amide bonds. The predicted octanol–water partition coefficient (Wildman–Crippen LogP) is -20.1. The fourth-order valence-corrected chi connectivity index (χ4v) is 8.91. The third kappa shape index (κ3) is 26.7. The molecule has 8 atom stereocenters. The molecule has 0 saturated heterocycles. The molecule has 44 heteroatoms. The quantitative estimate of drug-likeness (QED) is 0.0117. The van der Waals surface area contributed by atoms with Crippen molar-refractivity contribution >= 4 is 99.7 Å². The number of aliphatic hydroxyl groups excluding tert-OH is 12. The summed E-state index contributed by atoms with van der Waals surface area (Å²) in [6.45, 7) is -6.79. The van der Waals surface area contributed by atoms with Gasteiger partial charge in [-0.2, -0.15) is 29.9 Å². The molecule has 0 fully saturated rings. The fraction of sp³-hybridized carbons (Fsp3) is 0.500. The minimum Gasteiger partial charge on any atom is -0.748 e. The van der Waals surface area contributed by atoms with Gasteiger partial charge in [-0.15, -0.1) is 0 Å². The maximum Gasteiger partial charge on any atom is 1.00 e. The molecule has 16 N–H and O–H groups in total. The second-order valence-electron chi connectivity index (χ2n) is 16.9. The van der Waals surface area contributed by atoms with Crippen LogP contribution in [-0.2, 0) is 40.5 Å². The molecule has 0 aliphatic rings. The average Bonchev–Trinajstić information content (AvgIpc) is 3.37. The Morgan fingerprint density at radius 1 is 0.464 bits per heavy atom. The van der Waals surface area contributed by atoms with Gasteiger partial charge >= 0.3 is 118 Å². The average molecular weight is 1310 g/mol. The number of aliphatic hydroxyl groups is 12. The first kappa shape index (κ1) is 82.2. The second-order valence-corrected chi connectivity index (χ2v) is 22.6. The molecule has 0 spiro atoms. The number of rotatable bonds is 34. The van der Waals surface area contributed by atoms with Crippen LogP contribution in [-0.4, -0.2) is 269 Å². The summed E-state index contributed by atoms with van der Waals surface area (Å²) in [6, 6.07) is 5.89. The van der Waals surface area contributed by atoms with Gasteiger partial charge in [0.1, 0.15) is 69.1 Å². The van der Waals surface area contributed by atoms with Crippen LogP contribution in [0.1, 0.15) is 11.1 Å². The van der Waals surface area contributed by atoms with Gasteiger partial charge in [0.25, 0.3) is 0 Å². The van der Waals surface area contributed by atoms with E-state index in [2.05, 4.69) is 51.2 Å².